The summed E-state index contributed by atoms with van der Waals surface area (Å²) in [7, 11) is 0. The van der Waals surface area contributed by atoms with Crippen LogP contribution in [-0.4, -0.2) is 46.6 Å². The molecule has 2 aromatic rings. The minimum Gasteiger partial charge on any atom is -0.332 e. The minimum absolute atomic E-state index is 0.0209. The lowest BCUT2D eigenvalue weighted by Crippen LogP contribution is -2.48. The number of rotatable bonds is 7. The summed E-state index contributed by atoms with van der Waals surface area (Å²) >= 11 is 7.78. The van der Waals surface area contributed by atoms with E-state index in [4.69, 9.17) is 11.6 Å². The van der Waals surface area contributed by atoms with Crippen LogP contribution in [0.2, 0.25) is 0 Å². The Bertz CT molecular complexity index is 806. The molecule has 0 saturated heterocycles. The van der Waals surface area contributed by atoms with Crippen LogP contribution in [0.25, 0.3) is 0 Å². The maximum Gasteiger partial charge on any atom is 0.242 e. The van der Waals surface area contributed by atoms with Crippen LogP contribution in [0.1, 0.15) is 48.7 Å². The van der Waals surface area contributed by atoms with Crippen LogP contribution in [0.3, 0.4) is 0 Å². The first-order valence-corrected chi connectivity index (χ1v) is 11.2. The summed E-state index contributed by atoms with van der Waals surface area (Å²) in [6, 6.07) is 12.2. The monoisotopic (exact) mass is 418 g/mol. The summed E-state index contributed by atoms with van der Waals surface area (Å²) in [5.41, 5.74) is 2.31. The van der Waals surface area contributed by atoms with Crippen LogP contribution in [0.15, 0.2) is 41.8 Å². The normalized spacial score (nSPS) is 17.1. The molecule has 6 heteroatoms. The van der Waals surface area contributed by atoms with E-state index in [1.54, 1.807) is 23.2 Å². The molecule has 3 rings (SSSR count). The van der Waals surface area contributed by atoms with E-state index in [1.807, 2.05) is 23.1 Å². The summed E-state index contributed by atoms with van der Waals surface area (Å²) in [6.45, 7) is 5.05. The average Bonchev–Trinajstić information content (AvgIpc) is 3.19. The first-order chi connectivity index (χ1) is 13.5. The molecule has 28 heavy (non-hydrogen) atoms. The molecule has 1 aromatic carbocycles. The van der Waals surface area contributed by atoms with Gasteiger partial charge in [-0.25, -0.2) is 0 Å². The van der Waals surface area contributed by atoms with E-state index >= 15 is 0 Å². The number of hydrogen-bond acceptors (Lipinski definition) is 3. The highest BCUT2D eigenvalue weighted by Gasteiger charge is 2.34. The lowest BCUT2D eigenvalue weighted by atomic mass is 9.93. The van der Waals surface area contributed by atoms with Crippen molar-refractivity contribution in [3.8, 4) is 0 Å². The third-order valence-electron chi connectivity index (χ3n) is 5.16. The van der Waals surface area contributed by atoms with E-state index in [-0.39, 0.29) is 24.4 Å². The van der Waals surface area contributed by atoms with E-state index in [1.165, 1.54) is 10.4 Å². The van der Waals surface area contributed by atoms with Gasteiger partial charge in [-0.2, -0.15) is 0 Å². The Morgan fingerprint density at radius 1 is 1.29 bits per heavy atom. The number of nitrogens with zero attached hydrogens (tertiary/aromatic N) is 2. The predicted molar refractivity (Wildman–Crippen MR) is 115 cm³/mol. The zero-order valence-electron chi connectivity index (χ0n) is 16.4. The molecule has 1 aliphatic heterocycles. The molecule has 2 atom stereocenters. The lowest BCUT2D eigenvalue weighted by Gasteiger charge is -2.37. The van der Waals surface area contributed by atoms with Gasteiger partial charge in [0.2, 0.25) is 11.8 Å². The maximum atomic E-state index is 13.3. The number of amides is 2. The van der Waals surface area contributed by atoms with Crippen molar-refractivity contribution in [3.05, 3.63) is 57.8 Å². The van der Waals surface area contributed by atoms with Gasteiger partial charge in [0.05, 0.1) is 12.6 Å². The fraction of sp³-hybridized carbons (Fsp3) is 0.455. The van der Waals surface area contributed by atoms with Gasteiger partial charge in [0.1, 0.15) is 5.38 Å². The molecule has 0 spiro atoms. The Hall–Kier alpha value is -1.85. The van der Waals surface area contributed by atoms with Gasteiger partial charge < -0.3 is 9.80 Å². The Balaban J connectivity index is 1.85. The number of fused-ring (bicyclic) bond motifs is 1. The Morgan fingerprint density at radius 2 is 2.04 bits per heavy atom. The molecule has 4 nitrogen and oxygen atoms in total. The third kappa shape index (κ3) is 4.58. The van der Waals surface area contributed by atoms with E-state index in [2.05, 4.69) is 30.5 Å². The standard InChI is InChI=1S/C22H27ClN2O2S/c1-3-4-12-24(22(27)16(2)23)15-20(26)25-13-10-19-18(11-14-28-19)21(25)17-8-6-5-7-9-17/h5-9,11,14,16,21H,3-4,10,12-13,15H2,1-2H3/t16-,21+/m0/s1. The van der Waals surface area contributed by atoms with Gasteiger partial charge in [-0.15, -0.1) is 22.9 Å². The fourth-order valence-corrected chi connectivity index (χ4v) is 4.74. The second-order valence-electron chi connectivity index (χ2n) is 7.18. The number of carbonyl (C=O) groups is 2. The largest absolute Gasteiger partial charge is 0.332 e. The molecule has 1 aromatic heterocycles. The first-order valence-electron chi connectivity index (χ1n) is 9.86. The van der Waals surface area contributed by atoms with Crippen molar-refractivity contribution >= 4 is 34.8 Å². The van der Waals surface area contributed by atoms with Crippen molar-refractivity contribution in [2.45, 2.75) is 44.5 Å². The molecule has 0 bridgehead atoms. The molecule has 0 N–H and O–H groups in total. The van der Waals surface area contributed by atoms with Gasteiger partial charge in [-0.05, 0) is 42.3 Å². The second-order valence-corrected chi connectivity index (χ2v) is 8.83. The molecule has 2 heterocycles. The molecule has 1 aliphatic rings. The lowest BCUT2D eigenvalue weighted by molar-refractivity contribution is -0.141. The average molecular weight is 419 g/mol. The molecule has 0 radical (unpaired) electrons. The van der Waals surface area contributed by atoms with Crippen molar-refractivity contribution in [1.82, 2.24) is 9.80 Å². The summed E-state index contributed by atoms with van der Waals surface area (Å²) < 4.78 is 0. The van der Waals surface area contributed by atoms with Crippen molar-refractivity contribution in [2.75, 3.05) is 19.6 Å². The minimum atomic E-state index is -0.626. The third-order valence-corrected chi connectivity index (χ3v) is 6.34. The van der Waals surface area contributed by atoms with Crippen LogP contribution in [0.4, 0.5) is 0 Å². The van der Waals surface area contributed by atoms with Crippen LogP contribution < -0.4 is 0 Å². The summed E-state index contributed by atoms with van der Waals surface area (Å²) in [6.07, 6.45) is 2.68. The molecular formula is C22H27ClN2O2S. The zero-order valence-corrected chi connectivity index (χ0v) is 18.0. The van der Waals surface area contributed by atoms with Crippen LogP contribution in [0.5, 0.6) is 0 Å². The van der Waals surface area contributed by atoms with Gasteiger partial charge >= 0.3 is 0 Å². The van der Waals surface area contributed by atoms with Crippen molar-refractivity contribution in [2.24, 2.45) is 0 Å². The van der Waals surface area contributed by atoms with Crippen molar-refractivity contribution in [3.63, 3.8) is 0 Å². The Morgan fingerprint density at radius 3 is 2.71 bits per heavy atom. The van der Waals surface area contributed by atoms with Gasteiger partial charge in [0.15, 0.2) is 0 Å². The second kappa shape index (κ2) is 9.57. The molecule has 0 aliphatic carbocycles. The van der Waals surface area contributed by atoms with Gasteiger partial charge in [0, 0.05) is 18.0 Å². The van der Waals surface area contributed by atoms with Crippen molar-refractivity contribution < 1.29 is 9.59 Å². The van der Waals surface area contributed by atoms with Crippen molar-refractivity contribution in [1.29, 1.82) is 0 Å². The number of carbonyl (C=O) groups excluding carboxylic acids is 2. The van der Waals surface area contributed by atoms with E-state index in [0.29, 0.717) is 13.1 Å². The number of hydrogen-bond donors (Lipinski definition) is 0. The van der Waals surface area contributed by atoms with Crippen LogP contribution >= 0.6 is 22.9 Å². The highest BCUT2D eigenvalue weighted by Crippen LogP contribution is 2.37. The molecule has 2 amide bonds. The number of halogens is 1. The smallest absolute Gasteiger partial charge is 0.242 e. The number of alkyl halides is 1. The summed E-state index contributed by atoms with van der Waals surface area (Å²) in [5, 5.41) is 1.47. The Labute approximate surface area is 176 Å². The van der Waals surface area contributed by atoms with Gasteiger partial charge in [-0.3, -0.25) is 9.59 Å². The van der Waals surface area contributed by atoms with Gasteiger partial charge in [-0.1, -0.05) is 43.7 Å². The molecule has 150 valence electrons. The van der Waals surface area contributed by atoms with E-state index in [9.17, 15) is 9.59 Å². The predicted octanol–water partition coefficient (Wildman–Crippen LogP) is 4.48. The Kier molecular flexibility index (Phi) is 7.13. The molecule has 0 fully saturated rings. The zero-order chi connectivity index (χ0) is 20.1. The molecule has 0 saturated carbocycles. The molecular weight excluding hydrogens is 392 g/mol. The number of unbranched alkanes of at least 4 members (excludes halogenated alkanes) is 1. The maximum absolute atomic E-state index is 13.3. The highest BCUT2D eigenvalue weighted by atomic mass is 35.5. The SMILES string of the molecule is CCCCN(CC(=O)N1CCc2sccc2[C@H]1c1ccccc1)C(=O)[C@H](C)Cl. The van der Waals surface area contributed by atoms with E-state index in [0.717, 1.165) is 24.8 Å². The fourth-order valence-electron chi connectivity index (χ4n) is 3.70. The number of benzene rings is 1. The van der Waals surface area contributed by atoms with Gasteiger partial charge in [0.25, 0.3) is 0 Å². The highest BCUT2D eigenvalue weighted by molar-refractivity contribution is 7.10. The summed E-state index contributed by atoms with van der Waals surface area (Å²) in [4.78, 5) is 30.7. The summed E-state index contributed by atoms with van der Waals surface area (Å²) in [5.74, 6) is -0.194. The topological polar surface area (TPSA) is 40.6 Å². The number of thiophene rings is 1. The quantitative estimate of drug-likeness (QED) is 0.622. The van der Waals surface area contributed by atoms with Crippen LogP contribution in [-0.2, 0) is 16.0 Å². The first kappa shape index (κ1) is 20.9. The molecule has 0 unspecified atom stereocenters. The van der Waals surface area contributed by atoms with Crippen LogP contribution in [0, 0.1) is 0 Å². The van der Waals surface area contributed by atoms with E-state index < -0.39 is 5.38 Å².